The molecule has 52 heavy (non-hydrogen) atoms. The highest BCUT2D eigenvalue weighted by Gasteiger charge is 2.22. The highest BCUT2D eigenvalue weighted by Crippen LogP contribution is 2.43. The van der Waals surface area contributed by atoms with Crippen molar-refractivity contribution >= 4 is 49.3 Å². The fraction of sp³-hybridized carbons (Fsp3) is 0.130. The molecule has 0 amide bonds. The predicted octanol–water partition coefficient (Wildman–Crippen LogP) is 11.8. The predicted molar refractivity (Wildman–Crippen MR) is 214 cm³/mol. The van der Waals surface area contributed by atoms with Crippen molar-refractivity contribution in [1.29, 1.82) is 0 Å². The molecule has 9 rings (SSSR count). The summed E-state index contributed by atoms with van der Waals surface area (Å²) >= 11 is 0. The van der Waals surface area contributed by atoms with Crippen LogP contribution < -0.4 is 0 Å². The van der Waals surface area contributed by atoms with Crippen LogP contribution in [0.3, 0.4) is 0 Å². The molecule has 9 aromatic rings. The van der Waals surface area contributed by atoms with Gasteiger partial charge in [0.05, 0.1) is 40.0 Å². The van der Waals surface area contributed by atoms with Crippen LogP contribution in [0.2, 0.25) is 0 Å². The van der Waals surface area contributed by atoms with Gasteiger partial charge in [0.25, 0.3) is 0 Å². The summed E-state index contributed by atoms with van der Waals surface area (Å²) in [5.41, 5.74) is 14.7. The fourth-order valence-electron chi connectivity index (χ4n) is 7.86. The Morgan fingerprint density at radius 2 is 0.846 bits per heavy atom. The van der Waals surface area contributed by atoms with Gasteiger partial charge < -0.3 is 9.13 Å². The SMILES string of the molecule is [C-]#[N+]c1ccc(-n2c3ccc(C)cc3c3cc(C)ccc32)c(-c2cc(-c3nc(C)nc(C)n3)ccc2-n2c3ccc(C)cc3c3cc(C)ccc32)c1. The van der Waals surface area contributed by atoms with Crippen molar-refractivity contribution in [3.05, 3.63) is 155 Å². The highest BCUT2D eigenvalue weighted by molar-refractivity contribution is 6.12. The molecule has 0 unspecified atom stereocenters. The summed E-state index contributed by atoms with van der Waals surface area (Å²) in [6.45, 7) is 20.5. The molecule has 250 valence electrons. The third-order valence-corrected chi connectivity index (χ3v) is 10.1. The average molecular weight is 673 g/mol. The Labute approximate surface area is 302 Å². The van der Waals surface area contributed by atoms with E-state index in [1.807, 2.05) is 26.0 Å². The summed E-state index contributed by atoms with van der Waals surface area (Å²) < 4.78 is 4.73. The lowest BCUT2D eigenvalue weighted by molar-refractivity contribution is 0.928. The summed E-state index contributed by atoms with van der Waals surface area (Å²) in [7, 11) is 0. The normalized spacial score (nSPS) is 11.6. The Balaban J connectivity index is 1.44. The minimum Gasteiger partial charge on any atom is -0.309 e. The third kappa shape index (κ3) is 4.97. The van der Waals surface area contributed by atoms with Crippen molar-refractivity contribution < 1.29 is 0 Å². The van der Waals surface area contributed by atoms with Gasteiger partial charge in [-0.15, -0.1) is 0 Å². The summed E-state index contributed by atoms with van der Waals surface area (Å²) in [5.74, 6) is 1.97. The van der Waals surface area contributed by atoms with Crippen LogP contribution >= 0.6 is 0 Å². The molecule has 6 heteroatoms. The third-order valence-electron chi connectivity index (χ3n) is 10.1. The van der Waals surface area contributed by atoms with Crippen molar-refractivity contribution in [2.45, 2.75) is 41.5 Å². The maximum absolute atomic E-state index is 8.12. The molecule has 0 aliphatic rings. The van der Waals surface area contributed by atoms with E-state index >= 15 is 0 Å². The number of hydrogen-bond acceptors (Lipinski definition) is 3. The molecule has 0 radical (unpaired) electrons. The first-order chi connectivity index (χ1) is 25.2. The number of rotatable bonds is 4. The Kier molecular flexibility index (Phi) is 7.10. The summed E-state index contributed by atoms with van der Waals surface area (Å²) in [5, 5.41) is 4.83. The molecule has 0 N–H and O–H groups in total. The van der Waals surface area contributed by atoms with Gasteiger partial charge in [-0.1, -0.05) is 52.6 Å². The van der Waals surface area contributed by atoms with Gasteiger partial charge in [0.2, 0.25) is 0 Å². The fourth-order valence-corrected chi connectivity index (χ4v) is 7.86. The van der Waals surface area contributed by atoms with Crippen LogP contribution in [-0.4, -0.2) is 24.1 Å². The number of hydrogen-bond donors (Lipinski definition) is 0. The van der Waals surface area contributed by atoms with Crippen LogP contribution in [0.5, 0.6) is 0 Å². The molecule has 6 nitrogen and oxygen atoms in total. The highest BCUT2D eigenvalue weighted by atomic mass is 15.0. The van der Waals surface area contributed by atoms with E-state index in [-0.39, 0.29) is 0 Å². The van der Waals surface area contributed by atoms with Crippen LogP contribution in [-0.2, 0) is 0 Å². The van der Waals surface area contributed by atoms with Crippen LogP contribution in [0.15, 0.2) is 109 Å². The molecule has 0 fully saturated rings. The van der Waals surface area contributed by atoms with Gasteiger partial charge in [-0.05, 0) is 126 Å². The van der Waals surface area contributed by atoms with Gasteiger partial charge in [-0.25, -0.2) is 19.8 Å². The first-order valence-corrected chi connectivity index (χ1v) is 17.6. The number of fused-ring (bicyclic) bond motifs is 6. The number of aryl methyl sites for hydroxylation is 6. The Morgan fingerprint density at radius 1 is 0.442 bits per heavy atom. The molecule has 0 spiro atoms. The van der Waals surface area contributed by atoms with E-state index in [4.69, 9.17) is 16.5 Å². The lowest BCUT2D eigenvalue weighted by Gasteiger charge is -2.20. The zero-order valence-corrected chi connectivity index (χ0v) is 30.1. The molecule has 0 saturated heterocycles. The minimum absolute atomic E-state index is 0.572. The van der Waals surface area contributed by atoms with Crippen molar-refractivity contribution in [2.24, 2.45) is 0 Å². The van der Waals surface area contributed by atoms with Gasteiger partial charge in [0, 0.05) is 32.7 Å². The lowest BCUT2D eigenvalue weighted by Crippen LogP contribution is -2.03. The second kappa shape index (κ2) is 11.8. The van der Waals surface area contributed by atoms with Crippen LogP contribution in [0.25, 0.3) is 82.3 Å². The van der Waals surface area contributed by atoms with Crippen molar-refractivity contribution in [3.8, 4) is 33.9 Å². The van der Waals surface area contributed by atoms with Gasteiger partial charge in [-0.2, -0.15) is 0 Å². The first-order valence-electron chi connectivity index (χ1n) is 17.6. The van der Waals surface area contributed by atoms with Gasteiger partial charge in [0.1, 0.15) is 11.6 Å². The molecule has 0 aliphatic carbocycles. The molecule has 0 saturated carbocycles. The smallest absolute Gasteiger partial charge is 0.188 e. The lowest BCUT2D eigenvalue weighted by atomic mass is 9.97. The number of nitrogens with zero attached hydrogens (tertiary/aromatic N) is 6. The topological polar surface area (TPSA) is 52.9 Å². The van der Waals surface area contributed by atoms with E-state index in [0.717, 1.165) is 50.1 Å². The summed E-state index contributed by atoms with van der Waals surface area (Å²) in [4.78, 5) is 17.9. The van der Waals surface area contributed by atoms with Gasteiger partial charge in [-0.3, -0.25) is 0 Å². The number of aromatic nitrogens is 5. The van der Waals surface area contributed by atoms with E-state index in [1.54, 1.807) is 0 Å². The summed E-state index contributed by atoms with van der Waals surface area (Å²) in [6.07, 6.45) is 0. The molecule has 0 bridgehead atoms. The second-order valence-electron chi connectivity index (χ2n) is 14.1. The maximum atomic E-state index is 8.12. The van der Waals surface area contributed by atoms with Crippen LogP contribution in [0, 0.1) is 48.1 Å². The first kappa shape index (κ1) is 31.4. The van der Waals surface area contributed by atoms with Crippen LogP contribution in [0.1, 0.15) is 33.9 Å². The Hall–Kier alpha value is -6.58. The molecule has 3 aromatic heterocycles. The van der Waals surface area contributed by atoms with E-state index in [2.05, 4.69) is 144 Å². The standard InChI is InChI=1S/C46H36N6/c1-26-8-14-40-34(20-26)35-21-27(2)9-15-41(35)51(40)44-18-12-32(46-49-30(5)48-31(6)50-46)24-38(44)39-25-33(47-7)13-19-45(39)52-42-16-10-28(3)22-36(42)37-23-29(4)11-17-43(37)52/h8-25H,1-6H3. The molecular weight excluding hydrogens is 637 g/mol. The van der Waals surface area contributed by atoms with E-state index in [9.17, 15) is 0 Å². The molecule has 3 heterocycles. The molecular formula is C46H36N6. The van der Waals surface area contributed by atoms with E-state index < -0.39 is 0 Å². The monoisotopic (exact) mass is 672 g/mol. The van der Waals surface area contributed by atoms with E-state index in [1.165, 1.54) is 43.8 Å². The van der Waals surface area contributed by atoms with E-state index in [0.29, 0.717) is 23.2 Å². The molecule has 0 aliphatic heterocycles. The summed E-state index contributed by atoms with van der Waals surface area (Å²) in [6, 6.07) is 39.3. The van der Waals surface area contributed by atoms with Gasteiger partial charge in [0.15, 0.2) is 11.5 Å². The van der Waals surface area contributed by atoms with Crippen molar-refractivity contribution in [3.63, 3.8) is 0 Å². The average Bonchev–Trinajstić information content (AvgIpc) is 3.61. The van der Waals surface area contributed by atoms with Crippen molar-refractivity contribution in [1.82, 2.24) is 24.1 Å². The van der Waals surface area contributed by atoms with Crippen molar-refractivity contribution in [2.75, 3.05) is 0 Å². The maximum Gasteiger partial charge on any atom is 0.188 e. The zero-order valence-electron chi connectivity index (χ0n) is 30.1. The zero-order chi connectivity index (χ0) is 35.8. The Morgan fingerprint density at radius 3 is 1.27 bits per heavy atom. The quantitative estimate of drug-likeness (QED) is 0.175. The van der Waals surface area contributed by atoms with Gasteiger partial charge >= 0.3 is 0 Å². The molecule has 0 atom stereocenters. The Bertz CT molecular complexity index is 2850. The largest absolute Gasteiger partial charge is 0.309 e. The second-order valence-corrected chi connectivity index (χ2v) is 14.1. The molecule has 6 aromatic carbocycles. The number of benzene rings is 6. The minimum atomic E-state index is 0.572. The van der Waals surface area contributed by atoms with Crippen LogP contribution in [0.4, 0.5) is 5.69 Å².